The average molecular weight is 410 g/mol. The van der Waals surface area contributed by atoms with Gasteiger partial charge in [-0.1, -0.05) is 30.3 Å². The van der Waals surface area contributed by atoms with Crippen LogP contribution < -0.4 is 4.90 Å². The molecule has 0 saturated carbocycles. The van der Waals surface area contributed by atoms with Crippen molar-refractivity contribution in [3.05, 3.63) is 52.7 Å². The number of morpholine rings is 1. The zero-order chi connectivity index (χ0) is 19.6. The summed E-state index contributed by atoms with van der Waals surface area (Å²) >= 11 is 1.63. The predicted molar refractivity (Wildman–Crippen MR) is 112 cm³/mol. The molecule has 0 spiro atoms. The number of hydrogen-bond acceptors (Lipinski definition) is 6. The Hall–Kier alpha value is -2.71. The van der Waals surface area contributed by atoms with Crippen LogP contribution in [0.15, 0.2) is 36.5 Å². The number of fused-ring (bicyclic) bond motifs is 1. The third kappa shape index (κ3) is 3.77. The Morgan fingerprint density at radius 3 is 2.83 bits per heavy atom. The molecule has 0 unspecified atom stereocenters. The zero-order valence-electron chi connectivity index (χ0n) is 16.1. The molecular formula is C21H23N5O2S. The van der Waals surface area contributed by atoms with Crippen LogP contribution in [0.25, 0.3) is 11.3 Å². The SMILES string of the molecule is O=C(Cc1sc(N2CCOCC2)nc1-c1ccccc1)N1CCc2[nH]ncc2C1. The quantitative estimate of drug-likeness (QED) is 0.717. The van der Waals surface area contributed by atoms with Crippen molar-refractivity contribution in [2.45, 2.75) is 19.4 Å². The Labute approximate surface area is 173 Å². The minimum atomic E-state index is 0.145. The van der Waals surface area contributed by atoms with E-state index in [4.69, 9.17) is 9.72 Å². The predicted octanol–water partition coefficient (Wildman–Crippen LogP) is 2.50. The lowest BCUT2D eigenvalue weighted by Crippen LogP contribution is -2.36. The molecule has 2 aromatic heterocycles. The van der Waals surface area contributed by atoms with Crippen molar-refractivity contribution in [3.63, 3.8) is 0 Å². The Morgan fingerprint density at radius 1 is 1.17 bits per heavy atom. The van der Waals surface area contributed by atoms with Gasteiger partial charge in [0.2, 0.25) is 5.91 Å². The number of carbonyl (C=O) groups excluding carboxylic acids is 1. The summed E-state index contributed by atoms with van der Waals surface area (Å²) in [5, 5.41) is 8.11. The fourth-order valence-electron chi connectivity index (χ4n) is 3.85. The summed E-state index contributed by atoms with van der Waals surface area (Å²) in [5.74, 6) is 0.145. The van der Waals surface area contributed by atoms with E-state index in [1.54, 1.807) is 11.3 Å². The summed E-state index contributed by atoms with van der Waals surface area (Å²) in [7, 11) is 0. The number of anilines is 1. The molecule has 0 aliphatic carbocycles. The second kappa shape index (κ2) is 7.96. The van der Waals surface area contributed by atoms with Crippen LogP contribution in [-0.4, -0.2) is 58.8 Å². The summed E-state index contributed by atoms with van der Waals surface area (Å²) in [6.07, 6.45) is 3.03. The molecule has 0 atom stereocenters. The van der Waals surface area contributed by atoms with Crippen molar-refractivity contribution >= 4 is 22.4 Å². The van der Waals surface area contributed by atoms with Crippen molar-refractivity contribution in [2.24, 2.45) is 0 Å². The lowest BCUT2D eigenvalue weighted by Gasteiger charge is -2.26. The van der Waals surface area contributed by atoms with Crippen molar-refractivity contribution in [1.82, 2.24) is 20.1 Å². The number of rotatable bonds is 4. The van der Waals surface area contributed by atoms with Gasteiger partial charge in [-0.15, -0.1) is 11.3 Å². The molecule has 1 amide bonds. The number of amides is 1. The molecule has 4 heterocycles. The largest absolute Gasteiger partial charge is 0.378 e. The molecule has 150 valence electrons. The molecule has 1 N–H and O–H groups in total. The van der Waals surface area contributed by atoms with Crippen LogP contribution in [0.2, 0.25) is 0 Å². The van der Waals surface area contributed by atoms with E-state index >= 15 is 0 Å². The standard InChI is InChI=1S/C21H23N5O2S/c27-19(26-7-6-17-16(14-26)13-22-24-17)12-18-20(15-4-2-1-3-5-15)23-21(29-18)25-8-10-28-11-9-25/h1-5,13H,6-12,14H2,(H,22,24). The Bertz CT molecular complexity index is 994. The van der Waals surface area contributed by atoms with Gasteiger partial charge >= 0.3 is 0 Å². The highest BCUT2D eigenvalue weighted by molar-refractivity contribution is 7.16. The number of thiazole rings is 1. The van der Waals surface area contributed by atoms with Gasteiger partial charge in [-0.05, 0) is 0 Å². The number of hydrogen-bond donors (Lipinski definition) is 1. The normalized spacial score (nSPS) is 16.7. The van der Waals surface area contributed by atoms with Gasteiger partial charge in [-0.25, -0.2) is 4.98 Å². The van der Waals surface area contributed by atoms with E-state index in [0.29, 0.717) is 13.0 Å². The fourth-order valence-corrected chi connectivity index (χ4v) is 4.98. The van der Waals surface area contributed by atoms with Crippen molar-refractivity contribution in [2.75, 3.05) is 37.7 Å². The molecule has 1 aromatic carbocycles. The third-order valence-electron chi connectivity index (χ3n) is 5.48. The number of ether oxygens (including phenoxy) is 1. The fraction of sp³-hybridized carbons (Fsp3) is 0.381. The highest BCUT2D eigenvalue weighted by Crippen LogP contribution is 2.34. The smallest absolute Gasteiger partial charge is 0.228 e. The van der Waals surface area contributed by atoms with E-state index in [1.165, 1.54) is 0 Å². The molecule has 1 saturated heterocycles. The van der Waals surface area contributed by atoms with E-state index in [1.807, 2.05) is 29.3 Å². The van der Waals surface area contributed by atoms with E-state index in [0.717, 1.165) is 71.8 Å². The molecule has 0 bridgehead atoms. The third-order valence-corrected chi connectivity index (χ3v) is 6.60. The highest BCUT2D eigenvalue weighted by Gasteiger charge is 2.25. The van der Waals surface area contributed by atoms with Gasteiger partial charge in [0.1, 0.15) is 0 Å². The average Bonchev–Trinajstić information content (AvgIpc) is 3.41. The van der Waals surface area contributed by atoms with E-state index in [9.17, 15) is 4.79 Å². The summed E-state index contributed by atoms with van der Waals surface area (Å²) in [5.41, 5.74) is 4.24. The molecule has 8 heteroatoms. The van der Waals surface area contributed by atoms with Crippen LogP contribution in [-0.2, 0) is 28.9 Å². The maximum atomic E-state index is 13.1. The Morgan fingerprint density at radius 2 is 2.00 bits per heavy atom. The van der Waals surface area contributed by atoms with Crippen LogP contribution in [0.4, 0.5) is 5.13 Å². The Balaban J connectivity index is 1.40. The number of carbonyl (C=O) groups is 1. The van der Waals surface area contributed by atoms with Gasteiger partial charge in [0.15, 0.2) is 5.13 Å². The zero-order valence-corrected chi connectivity index (χ0v) is 17.0. The number of nitrogens with zero attached hydrogens (tertiary/aromatic N) is 4. The van der Waals surface area contributed by atoms with Gasteiger partial charge in [0, 0.05) is 54.3 Å². The highest BCUT2D eigenvalue weighted by atomic mass is 32.1. The maximum Gasteiger partial charge on any atom is 0.228 e. The number of benzene rings is 1. The molecule has 2 aliphatic heterocycles. The Kier molecular flexibility index (Phi) is 5.03. The molecule has 0 radical (unpaired) electrons. The molecule has 1 fully saturated rings. The van der Waals surface area contributed by atoms with Crippen LogP contribution in [0.1, 0.15) is 16.1 Å². The van der Waals surface area contributed by atoms with Crippen LogP contribution in [0, 0.1) is 0 Å². The first-order valence-electron chi connectivity index (χ1n) is 9.94. The molecule has 3 aromatic rings. The van der Waals surface area contributed by atoms with Crippen molar-refractivity contribution < 1.29 is 9.53 Å². The molecule has 7 nitrogen and oxygen atoms in total. The first-order valence-corrected chi connectivity index (χ1v) is 10.8. The molecular weight excluding hydrogens is 386 g/mol. The maximum absolute atomic E-state index is 13.1. The van der Waals surface area contributed by atoms with Crippen molar-refractivity contribution in [1.29, 1.82) is 0 Å². The molecule has 2 aliphatic rings. The number of aromatic amines is 1. The lowest BCUT2D eigenvalue weighted by atomic mass is 10.1. The monoisotopic (exact) mass is 409 g/mol. The van der Waals surface area contributed by atoms with E-state index in [-0.39, 0.29) is 5.91 Å². The van der Waals surface area contributed by atoms with Gasteiger partial charge in [-0.3, -0.25) is 9.89 Å². The second-order valence-corrected chi connectivity index (χ2v) is 8.41. The number of H-pyrrole nitrogens is 1. The van der Waals surface area contributed by atoms with Gasteiger partial charge < -0.3 is 14.5 Å². The van der Waals surface area contributed by atoms with Crippen LogP contribution in [0.5, 0.6) is 0 Å². The van der Waals surface area contributed by atoms with Crippen molar-refractivity contribution in [3.8, 4) is 11.3 Å². The molecule has 5 rings (SSSR count). The molecule has 29 heavy (non-hydrogen) atoms. The summed E-state index contributed by atoms with van der Waals surface area (Å²) in [4.78, 5) is 23.3. The first kappa shape index (κ1) is 18.3. The first-order chi connectivity index (χ1) is 14.3. The van der Waals surface area contributed by atoms with Crippen LogP contribution >= 0.6 is 11.3 Å². The summed E-state index contributed by atoms with van der Waals surface area (Å²) in [6, 6.07) is 10.1. The summed E-state index contributed by atoms with van der Waals surface area (Å²) in [6.45, 7) is 4.46. The van der Waals surface area contributed by atoms with Gasteiger partial charge in [0.05, 0.1) is 31.5 Å². The number of aromatic nitrogens is 3. The van der Waals surface area contributed by atoms with Gasteiger partial charge in [-0.2, -0.15) is 5.10 Å². The minimum Gasteiger partial charge on any atom is -0.378 e. The number of nitrogens with one attached hydrogen (secondary N) is 1. The van der Waals surface area contributed by atoms with Crippen LogP contribution in [0.3, 0.4) is 0 Å². The van der Waals surface area contributed by atoms with E-state index in [2.05, 4.69) is 27.2 Å². The van der Waals surface area contributed by atoms with E-state index < -0.39 is 0 Å². The van der Waals surface area contributed by atoms with Gasteiger partial charge in [0.25, 0.3) is 0 Å². The lowest BCUT2D eigenvalue weighted by molar-refractivity contribution is -0.131. The minimum absolute atomic E-state index is 0.145. The second-order valence-electron chi connectivity index (χ2n) is 7.35. The summed E-state index contributed by atoms with van der Waals surface area (Å²) < 4.78 is 5.48. The topological polar surface area (TPSA) is 74.4 Å².